The highest BCUT2D eigenvalue weighted by atomic mass is 79.9. The molecule has 0 fully saturated rings. The van der Waals surface area contributed by atoms with Gasteiger partial charge < -0.3 is 5.73 Å². The molecule has 0 unspecified atom stereocenters. The zero-order valence-corrected chi connectivity index (χ0v) is 8.39. The van der Waals surface area contributed by atoms with Gasteiger partial charge in [-0.05, 0) is 30.2 Å². The third kappa shape index (κ3) is 2.34. The lowest BCUT2D eigenvalue weighted by atomic mass is 10.1. The molecule has 0 bridgehead atoms. The summed E-state index contributed by atoms with van der Waals surface area (Å²) in [6, 6.07) is 5.79. The summed E-state index contributed by atoms with van der Waals surface area (Å²) in [6.45, 7) is 1.96. The van der Waals surface area contributed by atoms with Gasteiger partial charge in [0.25, 0.3) is 0 Å². The number of carbonyl (C=O) groups is 1. The Hall–Kier alpha value is -0.830. The molecule has 12 heavy (non-hydrogen) atoms. The second kappa shape index (κ2) is 3.72. The van der Waals surface area contributed by atoms with E-state index in [2.05, 4.69) is 15.9 Å². The summed E-state index contributed by atoms with van der Waals surface area (Å²) >= 11 is 3.35. The van der Waals surface area contributed by atoms with E-state index in [1.807, 2.05) is 25.1 Å². The molecule has 0 atom stereocenters. The average molecular weight is 228 g/mol. The van der Waals surface area contributed by atoms with Crippen LogP contribution in [-0.2, 0) is 11.2 Å². The third-order valence-corrected chi connectivity index (χ3v) is 2.16. The minimum Gasteiger partial charge on any atom is -0.369 e. The summed E-state index contributed by atoms with van der Waals surface area (Å²) in [5.74, 6) is -0.291. The number of hydrogen-bond acceptors (Lipinski definition) is 1. The fourth-order valence-corrected chi connectivity index (χ4v) is 1.52. The van der Waals surface area contributed by atoms with Crippen LogP contribution in [0.5, 0.6) is 0 Å². The Kier molecular flexibility index (Phi) is 2.87. The van der Waals surface area contributed by atoms with E-state index in [4.69, 9.17) is 5.73 Å². The molecule has 1 rings (SSSR count). The van der Waals surface area contributed by atoms with Crippen molar-refractivity contribution < 1.29 is 4.79 Å². The molecule has 0 heterocycles. The van der Waals surface area contributed by atoms with Crippen molar-refractivity contribution in [3.63, 3.8) is 0 Å². The number of nitrogens with two attached hydrogens (primary N) is 1. The Morgan fingerprint density at radius 3 is 2.75 bits per heavy atom. The van der Waals surface area contributed by atoms with E-state index in [-0.39, 0.29) is 5.91 Å². The molecule has 0 aliphatic carbocycles. The van der Waals surface area contributed by atoms with E-state index in [0.717, 1.165) is 15.6 Å². The molecule has 0 radical (unpaired) electrons. The van der Waals surface area contributed by atoms with Gasteiger partial charge in [-0.25, -0.2) is 0 Å². The maximum atomic E-state index is 10.6. The monoisotopic (exact) mass is 227 g/mol. The molecular formula is C9H10BrNO. The standard InChI is InChI=1S/C9H10BrNO/c1-6-4-8(10)3-2-7(6)5-9(11)12/h2-4H,5H2,1H3,(H2,11,12). The third-order valence-electron chi connectivity index (χ3n) is 1.67. The second-order valence-corrected chi connectivity index (χ2v) is 3.63. The van der Waals surface area contributed by atoms with Gasteiger partial charge in [0.05, 0.1) is 6.42 Å². The number of amides is 1. The van der Waals surface area contributed by atoms with Crippen LogP contribution >= 0.6 is 15.9 Å². The Balaban J connectivity index is 2.93. The average Bonchev–Trinajstić information content (AvgIpc) is 1.94. The van der Waals surface area contributed by atoms with Gasteiger partial charge in [0.15, 0.2) is 0 Å². The molecule has 3 heteroatoms. The van der Waals surface area contributed by atoms with Gasteiger partial charge in [-0.3, -0.25) is 4.79 Å². The van der Waals surface area contributed by atoms with Crippen molar-refractivity contribution in [3.8, 4) is 0 Å². The minimum atomic E-state index is -0.291. The van der Waals surface area contributed by atoms with Gasteiger partial charge in [0.1, 0.15) is 0 Å². The SMILES string of the molecule is Cc1cc(Br)ccc1CC(N)=O. The number of hydrogen-bond donors (Lipinski definition) is 1. The fourth-order valence-electron chi connectivity index (χ4n) is 1.05. The van der Waals surface area contributed by atoms with E-state index in [9.17, 15) is 4.79 Å². The smallest absolute Gasteiger partial charge is 0.221 e. The van der Waals surface area contributed by atoms with Crippen LogP contribution in [0.1, 0.15) is 11.1 Å². The van der Waals surface area contributed by atoms with Gasteiger partial charge in [-0.1, -0.05) is 22.0 Å². The predicted octanol–water partition coefficient (Wildman–Crippen LogP) is 1.79. The van der Waals surface area contributed by atoms with Crippen molar-refractivity contribution >= 4 is 21.8 Å². The first-order valence-corrected chi connectivity index (χ1v) is 4.42. The molecular weight excluding hydrogens is 218 g/mol. The quantitative estimate of drug-likeness (QED) is 0.823. The lowest BCUT2D eigenvalue weighted by molar-refractivity contribution is -0.117. The maximum Gasteiger partial charge on any atom is 0.221 e. The van der Waals surface area contributed by atoms with E-state index < -0.39 is 0 Å². The van der Waals surface area contributed by atoms with Crippen molar-refractivity contribution in [2.45, 2.75) is 13.3 Å². The molecule has 0 saturated carbocycles. The molecule has 1 aromatic rings. The molecule has 0 aliphatic rings. The summed E-state index contributed by atoms with van der Waals surface area (Å²) in [6.07, 6.45) is 0.319. The fraction of sp³-hybridized carbons (Fsp3) is 0.222. The predicted molar refractivity (Wildman–Crippen MR) is 51.8 cm³/mol. The molecule has 0 aliphatic heterocycles. The van der Waals surface area contributed by atoms with Crippen LogP contribution in [-0.4, -0.2) is 5.91 Å². The molecule has 1 amide bonds. The van der Waals surface area contributed by atoms with Crippen LogP contribution in [0.15, 0.2) is 22.7 Å². The van der Waals surface area contributed by atoms with E-state index in [1.54, 1.807) is 0 Å². The number of halogens is 1. The number of benzene rings is 1. The van der Waals surface area contributed by atoms with E-state index >= 15 is 0 Å². The first-order valence-electron chi connectivity index (χ1n) is 3.63. The lowest BCUT2D eigenvalue weighted by Gasteiger charge is -2.02. The molecule has 2 N–H and O–H groups in total. The summed E-state index contributed by atoms with van der Waals surface area (Å²) in [5, 5.41) is 0. The minimum absolute atomic E-state index is 0.291. The van der Waals surface area contributed by atoms with Crippen LogP contribution in [0.2, 0.25) is 0 Å². The molecule has 0 spiro atoms. The Labute approximate surface area is 79.9 Å². The number of rotatable bonds is 2. The second-order valence-electron chi connectivity index (χ2n) is 2.71. The van der Waals surface area contributed by atoms with Crippen LogP contribution in [0.25, 0.3) is 0 Å². The normalized spacial score (nSPS) is 9.83. The van der Waals surface area contributed by atoms with Crippen LogP contribution in [0.4, 0.5) is 0 Å². The Morgan fingerprint density at radius 1 is 1.58 bits per heavy atom. The topological polar surface area (TPSA) is 43.1 Å². The molecule has 0 saturated heterocycles. The van der Waals surface area contributed by atoms with E-state index in [1.165, 1.54) is 0 Å². The number of primary amides is 1. The molecule has 0 aromatic heterocycles. The summed E-state index contributed by atoms with van der Waals surface area (Å²) in [4.78, 5) is 10.6. The van der Waals surface area contributed by atoms with Gasteiger partial charge >= 0.3 is 0 Å². The van der Waals surface area contributed by atoms with Crippen LogP contribution < -0.4 is 5.73 Å². The molecule has 64 valence electrons. The van der Waals surface area contributed by atoms with Gasteiger partial charge in [0, 0.05) is 4.47 Å². The van der Waals surface area contributed by atoms with Crippen molar-refractivity contribution in [1.29, 1.82) is 0 Å². The summed E-state index contributed by atoms with van der Waals surface area (Å²) < 4.78 is 1.02. The first-order chi connectivity index (χ1) is 5.59. The maximum absolute atomic E-state index is 10.6. The van der Waals surface area contributed by atoms with Gasteiger partial charge in [-0.15, -0.1) is 0 Å². The van der Waals surface area contributed by atoms with Crippen molar-refractivity contribution in [1.82, 2.24) is 0 Å². The summed E-state index contributed by atoms with van der Waals surface area (Å²) in [7, 11) is 0. The number of aryl methyl sites for hydroxylation is 1. The highest BCUT2D eigenvalue weighted by molar-refractivity contribution is 9.10. The van der Waals surface area contributed by atoms with Crippen molar-refractivity contribution in [2.75, 3.05) is 0 Å². The highest BCUT2D eigenvalue weighted by Gasteiger charge is 2.01. The summed E-state index contributed by atoms with van der Waals surface area (Å²) in [5.41, 5.74) is 7.16. The van der Waals surface area contributed by atoms with Crippen LogP contribution in [0.3, 0.4) is 0 Å². The molecule has 1 aromatic carbocycles. The lowest BCUT2D eigenvalue weighted by Crippen LogP contribution is -2.14. The largest absolute Gasteiger partial charge is 0.369 e. The molecule has 2 nitrogen and oxygen atoms in total. The Morgan fingerprint density at radius 2 is 2.25 bits per heavy atom. The van der Waals surface area contributed by atoms with Gasteiger partial charge in [-0.2, -0.15) is 0 Å². The van der Waals surface area contributed by atoms with E-state index in [0.29, 0.717) is 6.42 Å². The highest BCUT2D eigenvalue weighted by Crippen LogP contribution is 2.15. The Bertz CT molecular complexity index is 309. The van der Waals surface area contributed by atoms with Crippen molar-refractivity contribution in [3.05, 3.63) is 33.8 Å². The number of carbonyl (C=O) groups excluding carboxylic acids is 1. The van der Waals surface area contributed by atoms with Crippen molar-refractivity contribution in [2.24, 2.45) is 5.73 Å². The zero-order chi connectivity index (χ0) is 9.14. The van der Waals surface area contributed by atoms with Crippen LogP contribution in [0, 0.1) is 6.92 Å². The zero-order valence-electron chi connectivity index (χ0n) is 6.80. The van der Waals surface area contributed by atoms with Gasteiger partial charge in [0.2, 0.25) is 5.91 Å². The first kappa shape index (κ1) is 9.26.